The number of benzene rings is 1. The van der Waals surface area contributed by atoms with E-state index in [0.29, 0.717) is 5.56 Å². The smallest absolute Gasteiger partial charge is 0.352 e. The van der Waals surface area contributed by atoms with Gasteiger partial charge in [0, 0.05) is 11.6 Å². The molecule has 4 nitrogen and oxygen atoms in total. The second kappa shape index (κ2) is 9.16. The van der Waals surface area contributed by atoms with Crippen LogP contribution in [0.15, 0.2) is 41.4 Å². The zero-order chi connectivity index (χ0) is 24.8. The molecule has 4 bridgehead atoms. The number of thioether (sulfide) groups is 1. The van der Waals surface area contributed by atoms with Crippen LogP contribution < -0.4 is 5.32 Å². The molecule has 4 fully saturated rings. The molecule has 1 N–H and O–H groups in total. The molecule has 1 heterocycles. The number of hydrogen-bond donors (Lipinski definition) is 1. The zero-order valence-corrected chi connectivity index (χ0v) is 20.4. The van der Waals surface area contributed by atoms with Crippen molar-refractivity contribution in [3.63, 3.8) is 0 Å². The minimum atomic E-state index is -4.71. The molecule has 0 saturated heterocycles. The van der Waals surface area contributed by atoms with Crippen LogP contribution in [0.4, 0.5) is 13.2 Å². The molecule has 6 rings (SSSR count). The number of amides is 1. The van der Waals surface area contributed by atoms with Gasteiger partial charge in [-0.3, -0.25) is 4.79 Å². The van der Waals surface area contributed by atoms with Crippen LogP contribution in [-0.4, -0.2) is 22.7 Å². The SMILES string of the molecule is C[C@H](NC(=O)CSc1nc(-c2ccccc2)cc(C(F)(F)F)c1C#N)C12CC3CC(CC(C3)C1)C2. The molecule has 184 valence electrons. The summed E-state index contributed by atoms with van der Waals surface area (Å²) in [6.07, 6.45) is 2.71. The lowest BCUT2D eigenvalue weighted by atomic mass is 9.48. The Hall–Kier alpha value is -2.53. The van der Waals surface area contributed by atoms with Crippen LogP contribution >= 0.6 is 11.8 Å². The molecule has 0 radical (unpaired) electrons. The van der Waals surface area contributed by atoms with Crippen molar-refractivity contribution in [3.8, 4) is 17.3 Å². The first-order valence-corrected chi connectivity index (χ1v) is 13.2. The molecule has 1 aromatic heterocycles. The summed E-state index contributed by atoms with van der Waals surface area (Å²) in [7, 11) is 0. The van der Waals surface area contributed by atoms with Gasteiger partial charge >= 0.3 is 6.18 Å². The van der Waals surface area contributed by atoms with E-state index in [-0.39, 0.29) is 33.8 Å². The van der Waals surface area contributed by atoms with Crippen molar-refractivity contribution in [1.82, 2.24) is 10.3 Å². The predicted octanol–water partition coefficient (Wildman–Crippen LogP) is 6.45. The first kappa shape index (κ1) is 24.2. The van der Waals surface area contributed by atoms with Crippen LogP contribution in [0.25, 0.3) is 11.3 Å². The average Bonchev–Trinajstić information content (AvgIpc) is 2.81. The molecule has 4 saturated carbocycles. The molecule has 35 heavy (non-hydrogen) atoms. The standard InChI is InChI=1S/C27H28F3N3OS/c1-16(26-11-17-7-18(12-26)9-19(8-17)13-26)32-24(34)15-35-25-21(14-31)22(27(28,29)30)10-23(33-25)20-5-3-2-4-6-20/h2-6,10,16-19H,7-9,11-13,15H2,1H3,(H,32,34)/t16-,17?,18?,19?,26?/m0/s1. The molecule has 4 aliphatic carbocycles. The Morgan fingerprint density at radius 2 is 1.77 bits per heavy atom. The predicted molar refractivity (Wildman–Crippen MR) is 128 cm³/mol. The van der Waals surface area contributed by atoms with Gasteiger partial charge in [0.25, 0.3) is 0 Å². The van der Waals surface area contributed by atoms with E-state index in [2.05, 4.69) is 17.2 Å². The normalized spacial score (nSPS) is 27.9. The monoisotopic (exact) mass is 499 g/mol. The van der Waals surface area contributed by atoms with Crippen LogP contribution in [-0.2, 0) is 11.0 Å². The molecule has 0 unspecified atom stereocenters. The number of alkyl halides is 3. The van der Waals surface area contributed by atoms with E-state index in [4.69, 9.17) is 0 Å². The third-order valence-corrected chi connectivity index (χ3v) is 9.17. The van der Waals surface area contributed by atoms with Crippen molar-refractivity contribution in [2.45, 2.75) is 62.7 Å². The summed E-state index contributed by atoms with van der Waals surface area (Å²) in [5, 5.41) is 12.6. The summed E-state index contributed by atoms with van der Waals surface area (Å²) in [5.74, 6) is 1.97. The highest BCUT2D eigenvalue weighted by atomic mass is 32.2. The summed E-state index contributed by atoms with van der Waals surface area (Å²) in [5.41, 5.74) is -0.782. The van der Waals surface area contributed by atoms with Crippen LogP contribution in [0.2, 0.25) is 0 Å². The van der Waals surface area contributed by atoms with Gasteiger partial charge in [-0.15, -0.1) is 0 Å². The Labute approximate surface area is 207 Å². The van der Waals surface area contributed by atoms with E-state index in [1.165, 1.54) is 19.3 Å². The molecule has 0 spiro atoms. The number of aromatic nitrogens is 1. The number of halogens is 3. The number of pyridine rings is 1. The van der Waals surface area contributed by atoms with E-state index in [1.54, 1.807) is 36.4 Å². The minimum Gasteiger partial charge on any atom is -0.352 e. The van der Waals surface area contributed by atoms with Gasteiger partial charge in [-0.25, -0.2) is 4.98 Å². The molecule has 1 amide bonds. The Bertz CT molecular complexity index is 1120. The topological polar surface area (TPSA) is 65.8 Å². The third-order valence-electron chi connectivity index (χ3n) is 8.19. The number of nitrogens with zero attached hydrogens (tertiary/aromatic N) is 2. The third kappa shape index (κ3) is 4.80. The van der Waals surface area contributed by atoms with Crippen molar-refractivity contribution in [3.05, 3.63) is 47.5 Å². The highest BCUT2D eigenvalue weighted by molar-refractivity contribution is 8.00. The van der Waals surface area contributed by atoms with E-state index >= 15 is 0 Å². The molecular weight excluding hydrogens is 471 g/mol. The first-order chi connectivity index (χ1) is 16.7. The van der Waals surface area contributed by atoms with Gasteiger partial charge in [0.1, 0.15) is 11.1 Å². The van der Waals surface area contributed by atoms with Crippen molar-refractivity contribution < 1.29 is 18.0 Å². The van der Waals surface area contributed by atoms with Crippen LogP contribution in [0.1, 0.15) is 56.6 Å². The van der Waals surface area contributed by atoms with Crippen molar-refractivity contribution in [2.75, 3.05) is 5.75 Å². The van der Waals surface area contributed by atoms with Gasteiger partial charge in [-0.05, 0) is 74.7 Å². The van der Waals surface area contributed by atoms with Crippen molar-refractivity contribution in [2.24, 2.45) is 23.2 Å². The lowest BCUT2D eigenvalue weighted by Gasteiger charge is -2.59. The van der Waals surface area contributed by atoms with Crippen LogP contribution in [0, 0.1) is 34.5 Å². The summed E-state index contributed by atoms with van der Waals surface area (Å²) < 4.78 is 41.3. The van der Waals surface area contributed by atoms with Gasteiger partial charge < -0.3 is 5.32 Å². The highest BCUT2D eigenvalue weighted by Crippen LogP contribution is 2.61. The van der Waals surface area contributed by atoms with Crippen LogP contribution in [0.5, 0.6) is 0 Å². The fourth-order valence-electron chi connectivity index (χ4n) is 6.99. The summed E-state index contributed by atoms with van der Waals surface area (Å²) in [6, 6.07) is 11.1. The molecule has 8 heteroatoms. The lowest BCUT2D eigenvalue weighted by molar-refractivity contribution is -0.138. The van der Waals surface area contributed by atoms with Crippen LogP contribution in [0.3, 0.4) is 0 Å². The van der Waals surface area contributed by atoms with Crippen molar-refractivity contribution in [1.29, 1.82) is 5.26 Å². The summed E-state index contributed by atoms with van der Waals surface area (Å²) in [6.45, 7) is 2.08. The zero-order valence-electron chi connectivity index (χ0n) is 19.6. The van der Waals surface area contributed by atoms with Gasteiger partial charge in [-0.1, -0.05) is 42.1 Å². The highest BCUT2D eigenvalue weighted by Gasteiger charge is 2.53. The quantitative estimate of drug-likeness (QED) is 0.464. The van der Waals surface area contributed by atoms with Gasteiger partial charge in [0.05, 0.1) is 22.6 Å². The maximum atomic E-state index is 13.8. The molecule has 0 aliphatic heterocycles. The van der Waals surface area contributed by atoms with Gasteiger partial charge in [0.15, 0.2) is 0 Å². The Morgan fingerprint density at radius 1 is 1.17 bits per heavy atom. The summed E-state index contributed by atoms with van der Waals surface area (Å²) >= 11 is 0.892. The van der Waals surface area contributed by atoms with E-state index in [9.17, 15) is 23.2 Å². The number of hydrogen-bond acceptors (Lipinski definition) is 4. The fourth-order valence-corrected chi connectivity index (χ4v) is 7.81. The average molecular weight is 500 g/mol. The second-order valence-corrected chi connectivity index (χ2v) is 11.5. The molecule has 1 aromatic carbocycles. The molecule has 4 aliphatic rings. The Morgan fingerprint density at radius 3 is 2.31 bits per heavy atom. The summed E-state index contributed by atoms with van der Waals surface area (Å²) in [4.78, 5) is 17.2. The maximum absolute atomic E-state index is 13.8. The van der Waals surface area contributed by atoms with E-state index in [1.807, 2.05) is 0 Å². The maximum Gasteiger partial charge on any atom is 0.417 e. The number of nitriles is 1. The van der Waals surface area contributed by atoms with Gasteiger partial charge in [0.2, 0.25) is 5.91 Å². The molecule has 1 atom stereocenters. The Kier molecular flexibility index (Phi) is 6.33. The molecular formula is C27H28F3N3OS. The lowest BCUT2D eigenvalue weighted by Crippen LogP contribution is -2.56. The molecule has 2 aromatic rings. The Balaban J connectivity index is 1.33. The van der Waals surface area contributed by atoms with Crippen molar-refractivity contribution >= 4 is 17.7 Å². The number of nitrogens with one attached hydrogen (secondary N) is 1. The van der Waals surface area contributed by atoms with E-state index in [0.717, 1.165) is 54.8 Å². The van der Waals surface area contributed by atoms with E-state index < -0.39 is 17.3 Å². The fraction of sp³-hybridized carbons (Fsp3) is 0.519. The minimum absolute atomic E-state index is 0.0220. The number of carbonyl (C=O) groups excluding carboxylic acids is 1. The van der Waals surface area contributed by atoms with Gasteiger partial charge in [-0.2, -0.15) is 18.4 Å². The first-order valence-electron chi connectivity index (χ1n) is 12.2. The number of rotatable bonds is 6. The second-order valence-electron chi connectivity index (χ2n) is 10.6. The number of carbonyl (C=O) groups is 1. The largest absolute Gasteiger partial charge is 0.417 e.